The fourth-order valence-corrected chi connectivity index (χ4v) is 0.839. The van der Waals surface area contributed by atoms with Crippen LogP contribution in [-0.2, 0) is 0 Å². The van der Waals surface area contributed by atoms with Crippen LogP contribution in [0.15, 0.2) is 18.2 Å². The molecule has 0 bridgehead atoms. The first-order chi connectivity index (χ1) is 5.11. The van der Waals surface area contributed by atoms with E-state index in [0.29, 0.717) is 0 Å². The Morgan fingerprint density at radius 3 is 2.64 bits per heavy atom. The zero-order chi connectivity index (χ0) is 8.43. The van der Waals surface area contributed by atoms with Gasteiger partial charge in [0.1, 0.15) is 7.85 Å². The van der Waals surface area contributed by atoms with E-state index >= 15 is 0 Å². The molecule has 0 fully saturated rings. The minimum atomic E-state index is -0.382. The summed E-state index contributed by atoms with van der Waals surface area (Å²) in [6.07, 6.45) is 0. The number of aryl methyl sites for hydroxylation is 1. The average molecular weight is 149 g/mol. The molecule has 0 amide bonds. The third-order valence-electron chi connectivity index (χ3n) is 1.70. The van der Waals surface area contributed by atoms with Gasteiger partial charge in [-0.2, -0.15) is 0 Å². The molecule has 0 aliphatic rings. The summed E-state index contributed by atoms with van der Waals surface area (Å²) in [5.74, 6) is 0. The molecule has 4 heteroatoms. The van der Waals surface area contributed by atoms with Crippen LogP contribution in [0.2, 0.25) is 0 Å². The molecule has 0 spiro atoms. The zero-order valence-electron chi connectivity index (χ0n) is 6.50. The Labute approximate surface area is 65.6 Å². The predicted molar refractivity (Wildman–Crippen MR) is 46.0 cm³/mol. The van der Waals surface area contributed by atoms with Gasteiger partial charge >= 0.3 is 0 Å². The van der Waals surface area contributed by atoms with Crippen LogP contribution in [-0.4, -0.2) is 12.8 Å². The third-order valence-corrected chi connectivity index (χ3v) is 1.70. The molecule has 0 heterocycles. The SMILES string of the molecule is Bc1ccc([N+](=O)[O-])cc1C. The predicted octanol–water partition coefficient (Wildman–Crippen LogP) is 0.162. The number of hydrogen-bond acceptors (Lipinski definition) is 2. The van der Waals surface area contributed by atoms with Crippen molar-refractivity contribution in [1.29, 1.82) is 0 Å². The Morgan fingerprint density at radius 1 is 1.55 bits per heavy atom. The van der Waals surface area contributed by atoms with Crippen molar-refractivity contribution in [1.82, 2.24) is 0 Å². The summed E-state index contributed by atoms with van der Waals surface area (Å²) >= 11 is 0. The van der Waals surface area contributed by atoms with Gasteiger partial charge in [0.15, 0.2) is 0 Å². The molecule has 0 unspecified atom stereocenters. The number of nitrogens with zero attached hydrogens (tertiary/aromatic N) is 1. The van der Waals surface area contributed by atoms with Crippen LogP contribution >= 0.6 is 0 Å². The number of nitro groups is 1. The van der Waals surface area contributed by atoms with Crippen molar-refractivity contribution < 1.29 is 4.92 Å². The molecule has 1 aromatic rings. The van der Waals surface area contributed by atoms with Crippen LogP contribution in [0.5, 0.6) is 0 Å². The van der Waals surface area contributed by atoms with E-state index in [0.717, 1.165) is 11.0 Å². The molecule has 0 saturated carbocycles. The van der Waals surface area contributed by atoms with Gasteiger partial charge in [0, 0.05) is 12.1 Å². The van der Waals surface area contributed by atoms with Crippen molar-refractivity contribution in [2.75, 3.05) is 0 Å². The van der Waals surface area contributed by atoms with Crippen molar-refractivity contribution in [2.45, 2.75) is 6.92 Å². The summed E-state index contributed by atoms with van der Waals surface area (Å²) in [6.45, 7) is 1.86. The second kappa shape index (κ2) is 2.74. The maximum absolute atomic E-state index is 10.3. The van der Waals surface area contributed by atoms with E-state index in [1.165, 1.54) is 6.07 Å². The number of hydrogen-bond donors (Lipinski definition) is 0. The van der Waals surface area contributed by atoms with E-state index in [9.17, 15) is 10.1 Å². The third kappa shape index (κ3) is 1.58. The first kappa shape index (κ1) is 7.79. The summed E-state index contributed by atoms with van der Waals surface area (Å²) in [7, 11) is 1.93. The molecule has 0 radical (unpaired) electrons. The molecule has 56 valence electrons. The highest BCUT2D eigenvalue weighted by Crippen LogP contribution is 2.09. The molecule has 0 aliphatic carbocycles. The normalized spacial score (nSPS) is 9.55. The van der Waals surface area contributed by atoms with E-state index in [-0.39, 0.29) is 10.6 Å². The first-order valence-electron chi connectivity index (χ1n) is 3.33. The van der Waals surface area contributed by atoms with E-state index in [2.05, 4.69) is 0 Å². The van der Waals surface area contributed by atoms with Crippen molar-refractivity contribution >= 4 is 19.0 Å². The molecular weight excluding hydrogens is 141 g/mol. The Kier molecular flexibility index (Phi) is 1.94. The largest absolute Gasteiger partial charge is 0.269 e. The summed E-state index contributed by atoms with van der Waals surface area (Å²) in [5.41, 5.74) is 2.20. The maximum Gasteiger partial charge on any atom is 0.269 e. The molecule has 0 N–H and O–H groups in total. The Morgan fingerprint density at radius 2 is 2.18 bits per heavy atom. The van der Waals surface area contributed by atoms with E-state index in [4.69, 9.17) is 0 Å². The van der Waals surface area contributed by atoms with Crippen LogP contribution < -0.4 is 5.46 Å². The summed E-state index contributed by atoms with van der Waals surface area (Å²) in [5, 5.41) is 10.3. The highest BCUT2D eigenvalue weighted by atomic mass is 16.6. The molecule has 1 aromatic carbocycles. The van der Waals surface area contributed by atoms with Crippen LogP contribution in [0, 0.1) is 17.0 Å². The van der Waals surface area contributed by atoms with Crippen molar-refractivity contribution in [3.63, 3.8) is 0 Å². The van der Waals surface area contributed by atoms with Crippen molar-refractivity contribution in [3.05, 3.63) is 33.9 Å². The summed E-state index contributed by atoms with van der Waals surface area (Å²) < 4.78 is 0. The van der Waals surface area contributed by atoms with Gasteiger partial charge in [0.05, 0.1) is 4.92 Å². The van der Waals surface area contributed by atoms with E-state index in [1.54, 1.807) is 12.1 Å². The molecular formula is C7H8BNO2. The molecule has 3 nitrogen and oxygen atoms in total. The fraction of sp³-hybridized carbons (Fsp3) is 0.143. The standard InChI is InChI=1S/C7H8BNO2/c1-5-4-6(9(10)11)2-3-7(5)8/h2-4H,8H2,1H3. The highest BCUT2D eigenvalue weighted by molar-refractivity contribution is 6.33. The lowest BCUT2D eigenvalue weighted by molar-refractivity contribution is -0.384. The number of rotatable bonds is 1. The maximum atomic E-state index is 10.3. The van der Waals surface area contributed by atoms with E-state index in [1.807, 2.05) is 14.8 Å². The highest BCUT2D eigenvalue weighted by Gasteiger charge is 2.04. The minimum Gasteiger partial charge on any atom is -0.258 e. The van der Waals surface area contributed by atoms with Crippen molar-refractivity contribution in [3.8, 4) is 0 Å². The Hall–Kier alpha value is -1.32. The Bertz CT molecular complexity index is 298. The van der Waals surface area contributed by atoms with E-state index < -0.39 is 0 Å². The molecule has 0 aromatic heterocycles. The first-order valence-corrected chi connectivity index (χ1v) is 3.33. The lowest BCUT2D eigenvalue weighted by Crippen LogP contribution is -2.06. The zero-order valence-corrected chi connectivity index (χ0v) is 6.50. The van der Waals surface area contributed by atoms with Gasteiger partial charge in [-0.15, -0.1) is 0 Å². The minimum absolute atomic E-state index is 0.160. The van der Waals surface area contributed by atoms with Crippen molar-refractivity contribution in [2.24, 2.45) is 0 Å². The molecule has 0 atom stereocenters. The van der Waals surface area contributed by atoms with Gasteiger partial charge in [-0.1, -0.05) is 17.1 Å². The molecule has 0 aliphatic heterocycles. The number of non-ortho nitro benzene ring substituents is 1. The average Bonchev–Trinajstić information content (AvgIpc) is 1.94. The van der Waals surface area contributed by atoms with Crippen LogP contribution in [0.3, 0.4) is 0 Å². The van der Waals surface area contributed by atoms with Gasteiger partial charge in [0.2, 0.25) is 0 Å². The topological polar surface area (TPSA) is 43.1 Å². The second-order valence-electron chi connectivity index (χ2n) is 2.53. The van der Waals surface area contributed by atoms with Gasteiger partial charge in [-0.05, 0) is 6.92 Å². The summed E-state index contributed by atoms with van der Waals surface area (Å²) in [6, 6.07) is 4.85. The van der Waals surface area contributed by atoms with Gasteiger partial charge in [-0.3, -0.25) is 10.1 Å². The summed E-state index contributed by atoms with van der Waals surface area (Å²) in [4.78, 5) is 9.89. The molecule has 11 heavy (non-hydrogen) atoms. The molecule has 0 saturated heterocycles. The van der Waals surface area contributed by atoms with Crippen LogP contribution in [0.25, 0.3) is 0 Å². The van der Waals surface area contributed by atoms with Gasteiger partial charge in [-0.25, -0.2) is 0 Å². The van der Waals surface area contributed by atoms with Crippen LogP contribution in [0.1, 0.15) is 5.56 Å². The smallest absolute Gasteiger partial charge is 0.258 e. The van der Waals surface area contributed by atoms with Gasteiger partial charge < -0.3 is 0 Å². The lowest BCUT2D eigenvalue weighted by atomic mass is 9.91. The second-order valence-corrected chi connectivity index (χ2v) is 2.53. The lowest BCUT2D eigenvalue weighted by Gasteiger charge is -1.97. The quantitative estimate of drug-likeness (QED) is 0.324. The molecule has 1 rings (SSSR count). The fourth-order valence-electron chi connectivity index (χ4n) is 0.839. The van der Waals surface area contributed by atoms with Crippen LogP contribution in [0.4, 0.5) is 5.69 Å². The monoisotopic (exact) mass is 149 g/mol. The Balaban J connectivity index is 3.15. The van der Waals surface area contributed by atoms with Gasteiger partial charge in [0.25, 0.3) is 5.69 Å². The number of benzene rings is 1. The number of nitro benzene ring substituents is 1.